The average Bonchev–Trinajstić information content (AvgIpc) is 2.66. The molecule has 0 saturated carbocycles. The summed E-state index contributed by atoms with van der Waals surface area (Å²) in [4.78, 5) is 1.56. The van der Waals surface area contributed by atoms with E-state index in [2.05, 4.69) is 15.9 Å². The molecule has 1 nitrogen and oxygen atoms in total. The van der Waals surface area contributed by atoms with E-state index in [0.717, 1.165) is 17.3 Å². The second-order valence-electron chi connectivity index (χ2n) is 4.72. The van der Waals surface area contributed by atoms with Gasteiger partial charge in [-0.15, -0.1) is 0 Å². The highest BCUT2D eigenvalue weighted by atomic mass is 79.9. The number of rotatable bonds is 2. The summed E-state index contributed by atoms with van der Waals surface area (Å²) in [5.41, 5.74) is 0.319. The molecule has 1 saturated heterocycles. The molecule has 5 heteroatoms. The Labute approximate surface area is 113 Å². The molecule has 1 heterocycles. The molecule has 0 amide bonds. The second-order valence-corrected chi connectivity index (χ2v) is 5.64. The molecule has 0 radical (unpaired) electrons. The Morgan fingerprint density at radius 3 is 2.33 bits per heavy atom. The highest BCUT2D eigenvalue weighted by Gasteiger charge is 2.46. The SMILES string of the molecule is CC1CCCN1C(c1ccc(Br)cc1)C(F)(F)F. The van der Waals surface area contributed by atoms with E-state index in [4.69, 9.17) is 0 Å². The number of benzene rings is 1. The van der Waals surface area contributed by atoms with E-state index in [1.54, 1.807) is 29.2 Å². The Hall–Kier alpha value is -0.550. The lowest BCUT2D eigenvalue weighted by molar-refractivity contribution is -0.188. The highest BCUT2D eigenvalue weighted by molar-refractivity contribution is 9.10. The van der Waals surface area contributed by atoms with E-state index in [1.807, 2.05) is 6.92 Å². The molecular weight excluding hydrogens is 307 g/mol. The van der Waals surface area contributed by atoms with Crippen molar-refractivity contribution in [3.05, 3.63) is 34.3 Å². The highest BCUT2D eigenvalue weighted by Crippen LogP contribution is 2.41. The Morgan fingerprint density at radius 1 is 1.28 bits per heavy atom. The summed E-state index contributed by atoms with van der Waals surface area (Å²) in [6.07, 6.45) is -2.56. The minimum absolute atomic E-state index is 0.0136. The zero-order chi connectivity index (χ0) is 13.3. The van der Waals surface area contributed by atoms with Crippen molar-refractivity contribution in [3.8, 4) is 0 Å². The molecule has 2 unspecified atom stereocenters. The fourth-order valence-corrected chi connectivity index (χ4v) is 2.82. The fraction of sp³-hybridized carbons (Fsp3) is 0.538. The molecule has 1 aromatic carbocycles. The van der Waals surface area contributed by atoms with E-state index in [0.29, 0.717) is 12.1 Å². The van der Waals surface area contributed by atoms with Crippen molar-refractivity contribution in [1.29, 1.82) is 0 Å². The summed E-state index contributed by atoms with van der Waals surface area (Å²) < 4.78 is 40.6. The smallest absolute Gasteiger partial charge is 0.286 e. The minimum Gasteiger partial charge on any atom is -0.286 e. The molecule has 0 aromatic heterocycles. The van der Waals surface area contributed by atoms with Crippen molar-refractivity contribution < 1.29 is 13.2 Å². The molecule has 1 aliphatic rings. The van der Waals surface area contributed by atoms with Crippen LogP contribution in [0, 0.1) is 0 Å². The number of hydrogen-bond donors (Lipinski definition) is 0. The first kappa shape index (κ1) is 13.9. The van der Waals surface area contributed by atoms with E-state index in [-0.39, 0.29) is 6.04 Å². The van der Waals surface area contributed by atoms with Gasteiger partial charge in [-0.3, -0.25) is 4.90 Å². The zero-order valence-electron chi connectivity index (χ0n) is 10.0. The molecular formula is C13H15BrF3N. The number of nitrogens with zero attached hydrogens (tertiary/aromatic N) is 1. The Kier molecular flexibility index (Phi) is 4.02. The maximum Gasteiger partial charge on any atom is 0.408 e. The van der Waals surface area contributed by atoms with Crippen LogP contribution in [0.3, 0.4) is 0 Å². The zero-order valence-corrected chi connectivity index (χ0v) is 11.6. The van der Waals surface area contributed by atoms with E-state index < -0.39 is 12.2 Å². The molecule has 2 rings (SSSR count). The normalized spacial score (nSPS) is 23.3. The van der Waals surface area contributed by atoms with Crippen molar-refractivity contribution in [1.82, 2.24) is 4.90 Å². The van der Waals surface area contributed by atoms with Crippen LogP contribution in [0.4, 0.5) is 13.2 Å². The van der Waals surface area contributed by atoms with Crippen LogP contribution in [-0.2, 0) is 0 Å². The number of alkyl halides is 3. The third-order valence-electron chi connectivity index (χ3n) is 3.43. The standard InChI is InChI=1S/C13H15BrF3N/c1-9-3-2-8-18(9)12(13(15,16)17)10-4-6-11(14)7-5-10/h4-7,9,12H,2-3,8H2,1H3. The van der Waals surface area contributed by atoms with Crippen molar-refractivity contribution in [3.63, 3.8) is 0 Å². The quantitative estimate of drug-likeness (QED) is 0.773. The number of halogens is 4. The molecule has 0 N–H and O–H groups in total. The summed E-state index contributed by atoms with van der Waals surface area (Å²) in [7, 11) is 0. The van der Waals surface area contributed by atoms with Gasteiger partial charge in [0.1, 0.15) is 6.04 Å². The molecule has 1 aliphatic heterocycles. The van der Waals surface area contributed by atoms with Crippen LogP contribution < -0.4 is 0 Å². The van der Waals surface area contributed by atoms with Gasteiger partial charge in [0.25, 0.3) is 0 Å². The van der Waals surface area contributed by atoms with Crippen LogP contribution in [0.25, 0.3) is 0 Å². The predicted molar refractivity (Wildman–Crippen MR) is 68.3 cm³/mol. The monoisotopic (exact) mass is 321 g/mol. The van der Waals surface area contributed by atoms with E-state index >= 15 is 0 Å². The third-order valence-corrected chi connectivity index (χ3v) is 3.96. The number of hydrogen-bond acceptors (Lipinski definition) is 1. The summed E-state index contributed by atoms with van der Waals surface area (Å²) in [6.45, 7) is 2.38. The van der Waals surface area contributed by atoms with Gasteiger partial charge in [0.2, 0.25) is 0 Å². The number of likely N-dealkylation sites (tertiary alicyclic amines) is 1. The van der Waals surface area contributed by atoms with Crippen LogP contribution in [-0.4, -0.2) is 23.7 Å². The van der Waals surface area contributed by atoms with Gasteiger partial charge < -0.3 is 0 Å². The largest absolute Gasteiger partial charge is 0.408 e. The van der Waals surface area contributed by atoms with Crippen molar-refractivity contribution in [2.24, 2.45) is 0 Å². The fourth-order valence-electron chi connectivity index (χ4n) is 2.55. The van der Waals surface area contributed by atoms with Gasteiger partial charge in [0.15, 0.2) is 0 Å². The maximum atomic E-state index is 13.3. The molecule has 2 atom stereocenters. The minimum atomic E-state index is -4.23. The van der Waals surface area contributed by atoms with Crippen LogP contribution in [0.1, 0.15) is 31.4 Å². The third kappa shape index (κ3) is 2.88. The van der Waals surface area contributed by atoms with Gasteiger partial charge in [-0.25, -0.2) is 0 Å². The Balaban J connectivity index is 2.34. The molecule has 0 aliphatic carbocycles. The van der Waals surface area contributed by atoms with Crippen molar-refractivity contribution in [2.45, 2.75) is 38.0 Å². The van der Waals surface area contributed by atoms with Gasteiger partial charge in [-0.1, -0.05) is 28.1 Å². The lowest BCUT2D eigenvalue weighted by atomic mass is 10.0. The molecule has 1 fully saturated rings. The van der Waals surface area contributed by atoms with Crippen molar-refractivity contribution >= 4 is 15.9 Å². The topological polar surface area (TPSA) is 3.24 Å². The molecule has 0 spiro atoms. The summed E-state index contributed by atoms with van der Waals surface area (Å²) in [5.74, 6) is 0. The van der Waals surface area contributed by atoms with Gasteiger partial charge in [0.05, 0.1) is 0 Å². The molecule has 0 bridgehead atoms. The van der Waals surface area contributed by atoms with Gasteiger partial charge in [-0.05, 0) is 44.0 Å². The van der Waals surface area contributed by atoms with Gasteiger partial charge >= 0.3 is 6.18 Å². The van der Waals surface area contributed by atoms with Gasteiger partial charge in [0, 0.05) is 10.5 Å². The first-order chi connectivity index (χ1) is 8.39. The Morgan fingerprint density at radius 2 is 1.89 bits per heavy atom. The lowest BCUT2D eigenvalue weighted by Crippen LogP contribution is -2.40. The lowest BCUT2D eigenvalue weighted by Gasteiger charge is -2.33. The molecule has 1 aromatic rings. The molecule has 100 valence electrons. The van der Waals surface area contributed by atoms with Crippen LogP contribution in [0.5, 0.6) is 0 Å². The summed E-state index contributed by atoms with van der Waals surface area (Å²) in [6, 6.07) is 4.92. The predicted octanol–water partition coefficient (Wildman–Crippen LogP) is 4.54. The van der Waals surface area contributed by atoms with Crippen molar-refractivity contribution in [2.75, 3.05) is 6.54 Å². The first-order valence-corrected chi connectivity index (χ1v) is 6.77. The Bertz CT molecular complexity index is 402. The second kappa shape index (κ2) is 5.21. The molecule has 18 heavy (non-hydrogen) atoms. The van der Waals surface area contributed by atoms with Crippen LogP contribution in [0.2, 0.25) is 0 Å². The van der Waals surface area contributed by atoms with Crippen LogP contribution >= 0.6 is 15.9 Å². The first-order valence-electron chi connectivity index (χ1n) is 5.97. The van der Waals surface area contributed by atoms with Gasteiger partial charge in [-0.2, -0.15) is 13.2 Å². The van der Waals surface area contributed by atoms with Crippen LogP contribution in [0.15, 0.2) is 28.7 Å². The van der Waals surface area contributed by atoms with E-state index in [1.165, 1.54) is 0 Å². The summed E-state index contributed by atoms with van der Waals surface area (Å²) in [5, 5.41) is 0. The average molecular weight is 322 g/mol. The maximum absolute atomic E-state index is 13.3. The van der Waals surface area contributed by atoms with E-state index in [9.17, 15) is 13.2 Å². The summed E-state index contributed by atoms with van der Waals surface area (Å²) >= 11 is 3.25.